The summed E-state index contributed by atoms with van der Waals surface area (Å²) in [5, 5.41) is 13.1. The average molecular weight is 540 g/mol. The lowest BCUT2D eigenvalue weighted by Gasteiger charge is -2.37. The summed E-state index contributed by atoms with van der Waals surface area (Å²) in [6.07, 6.45) is 5.00. The summed E-state index contributed by atoms with van der Waals surface area (Å²) in [6, 6.07) is 9.16. The van der Waals surface area contributed by atoms with E-state index in [1.807, 2.05) is 12.2 Å². The van der Waals surface area contributed by atoms with Gasteiger partial charge in [-0.2, -0.15) is 5.01 Å². The van der Waals surface area contributed by atoms with Gasteiger partial charge in [-0.15, -0.1) is 0 Å². The Morgan fingerprint density at radius 3 is 2.19 bits per heavy atom. The molecular formula is C26H19Cl2N3O6. The second kappa shape index (κ2) is 8.49. The van der Waals surface area contributed by atoms with E-state index in [0.717, 1.165) is 22.5 Å². The molecule has 2 aromatic carbocycles. The lowest BCUT2D eigenvalue weighted by molar-refractivity contribution is -0.384. The van der Waals surface area contributed by atoms with Crippen molar-refractivity contribution in [3.05, 3.63) is 85.9 Å². The number of ketones is 1. The maximum atomic E-state index is 13.7. The molecule has 0 unspecified atom stereocenters. The summed E-state index contributed by atoms with van der Waals surface area (Å²) in [5.41, 5.74) is -0.296. The summed E-state index contributed by atoms with van der Waals surface area (Å²) in [7, 11) is 0. The van der Waals surface area contributed by atoms with Crippen molar-refractivity contribution in [3.63, 3.8) is 0 Å². The molecule has 9 nitrogen and oxygen atoms in total. The number of nitrogens with zero attached hydrogens (tertiary/aromatic N) is 3. The van der Waals surface area contributed by atoms with Gasteiger partial charge in [-0.3, -0.25) is 29.3 Å². The first-order valence-corrected chi connectivity index (χ1v) is 12.5. The standard InChI is InChI=1S/C26H19Cl2N3O6/c27-19-7-4-13(9-20(19)28)24(33)29(11-21(32)12-2-1-3-14(8-12)31(36)37)30-25(34)22-15-5-6-16(18-10-17(15)18)23(22)26(30)35/h1-9,15-18,22-23H,10-11H2/t15-,16-,17-,18+,22-,23+/m1/s1. The first kappa shape index (κ1) is 23.8. The Hall–Kier alpha value is -3.56. The van der Waals surface area contributed by atoms with E-state index in [1.54, 1.807) is 0 Å². The molecule has 4 aliphatic carbocycles. The monoisotopic (exact) mass is 539 g/mol. The van der Waals surface area contributed by atoms with E-state index in [0.29, 0.717) is 11.8 Å². The summed E-state index contributed by atoms with van der Waals surface area (Å²) < 4.78 is 0. The van der Waals surface area contributed by atoms with Gasteiger partial charge in [-0.05, 0) is 48.3 Å². The first-order valence-electron chi connectivity index (χ1n) is 11.8. The molecule has 1 aliphatic heterocycles. The van der Waals surface area contributed by atoms with Crippen LogP contribution in [0.5, 0.6) is 0 Å². The van der Waals surface area contributed by atoms with Crippen molar-refractivity contribution in [3.8, 4) is 0 Å². The van der Waals surface area contributed by atoms with Gasteiger partial charge in [0.25, 0.3) is 23.4 Å². The maximum absolute atomic E-state index is 13.7. The maximum Gasteiger partial charge on any atom is 0.273 e. The van der Waals surface area contributed by atoms with E-state index in [2.05, 4.69) is 0 Å². The number of hydrogen-bond donors (Lipinski definition) is 0. The van der Waals surface area contributed by atoms with Gasteiger partial charge >= 0.3 is 0 Å². The third-order valence-electron chi connectivity index (χ3n) is 7.95. The number of amides is 3. The van der Waals surface area contributed by atoms with Crippen LogP contribution in [0.4, 0.5) is 5.69 Å². The molecule has 0 aromatic heterocycles. The number of Topliss-reactive ketones (excluding diaryl/α,β-unsaturated/α-hetero) is 1. The number of nitro groups is 1. The number of halogens is 2. The summed E-state index contributed by atoms with van der Waals surface area (Å²) in [6.45, 7) is -0.674. The fourth-order valence-electron chi connectivity index (χ4n) is 6.21. The fraction of sp³-hybridized carbons (Fsp3) is 0.308. The molecule has 0 N–H and O–H groups in total. The molecule has 0 spiro atoms. The Labute approximate surface area is 220 Å². The van der Waals surface area contributed by atoms with E-state index in [9.17, 15) is 29.3 Å². The third-order valence-corrected chi connectivity index (χ3v) is 8.69. The molecule has 2 bridgehead atoms. The van der Waals surface area contributed by atoms with Crippen LogP contribution in [0, 0.1) is 45.6 Å². The van der Waals surface area contributed by atoms with Gasteiger partial charge in [-0.1, -0.05) is 47.5 Å². The zero-order chi connectivity index (χ0) is 26.2. The third kappa shape index (κ3) is 3.67. The second-order valence-corrected chi connectivity index (χ2v) is 10.7. The molecule has 6 atom stereocenters. The van der Waals surface area contributed by atoms with Crippen molar-refractivity contribution in [2.75, 3.05) is 6.54 Å². The van der Waals surface area contributed by atoms with Gasteiger partial charge in [0.1, 0.15) is 6.54 Å². The van der Waals surface area contributed by atoms with Crippen molar-refractivity contribution in [1.82, 2.24) is 10.0 Å². The normalized spacial score (nSPS) is 28.6. The molecule has 11 heteroatoms. The van der Waals surface area contributed by atoms with Crippen LogP contribution < -0.4 is 0 Å². The van der Waals surface area contributed by atoms with Gasteiger partial charge in [-0.25, -0.2) is 5.01 Å². The number of carbonyl (C=O) groups excluding carboxylic acids is 4. The van der Waals surface area contributed by atoms with Gasteiger partial charge in [0.2, 0.25) is 0 Å². The van der Waals surface area contributed by atoms with Gasteiger partial charge < -0.3 is 0 Å². The minimum atomic E-state index is -0.789. The number of rotatable bonds is 6. The molecule has 5 aliphatic rings. The van der Waals surface area contributed by atoms with Crippen LogP contribution in [0.15, 0.2) is 54.6 Å². The summed E-state index contributed by atoms with van der Waals surface area (Å²) >= 11 is 12.1. The van der Waals surface area contributed by atoms with E-state index in [-0.39, 0.29) is 38.7 Å². The van der Waals surface area contributed by atoms with Crippen LogP contribution in [-0.2, 0) is 9.59 Å². The Bertz CT molecular complexity index is 1410. The van der Waals surface area contributed by atoms with Crippen molar-refractivity contribution in [2.24, 2.45) is 35.5 Å². The molecule has 37 heavy (non-hydrogen) atoms. The van der Waals surface area contributed by atoms with Gasteiger partial charge in [0, 0.05) is 23.3 Å². The molecular weight excluding hydrogens is 521 g/mol. The molecule has 3 fully saturated rings. The smallest absolute Gasteiger partial charge is 0.273 e. The van der Waals surface area contributed by atoms with Gasteiger partial charge in [0.15, 0.2) is 5.78 Å². The minimum absolute atomic E-state index is 0.0272. The van der Waals surface area contributed by atoms with Crippen LogP contribution >= 0.6 is 23.2 Å². The van der Waals surface area contributed by atoms with Crippen LogP contribution in [0.2, 0.25) is 10.0 Å². The minimum Gasteiger partial charge on any atom is -0.292 e. The molecule has 0 radical (unpaired) electrons. The highest BCUT2D eigenvalue weighted by atomic mass is 35.5. The highest BCUT2D eigenvalue weighted by molar-refractivity contribution is 6.42. The Balaban J connectivity index is 1.37. The van der Waals surface area contributed by atoms with Crippen LogP contribution in [0.25, 0.3) is 0 Å². The highest BCUT2D eigenvalue weighted by Gasteiger charge is 2.68. The number of allylic oxidation sites excluding steroid dienone is 2. The molecule has 3 amide bonds. The molecule has 2 aromatic rings. The van der Waals surface area contributed by atoms with Gasteiger partial charge in [0.05, 0.1) is 26.8 Å². The predicted molar refractivity (Wildman–Crippen MR) is 131 cm³/mol. The zero-order valence-electron chi connectivity index (χ0n) is 19.1. The van der Waals surface area contributed by atoms with Crippen molar-refractivity contribution >= 4 is 52.4 Å². The number of hydrazine groups is 1. The van der Waals surface area contributed by atoms with Crippen LogP contribution in [0.3, 0.4) is 0 Å². The molecule has 1 saturated heterocycles. The molecule has 2 saturated carbocycles. The Morgan fingerprint density at radius 2 is 1.59 bits per heavy atom. The summed E-state index contributed by atoms with van der Waals surface area (Å²) in [4.78, 5) is 64.9. The van der Waals surface area contributed by atoms with E-state index < -0.39 is 46.8 Å². The molecule has 7 rings (SSSR count). The van der Waals surface area contributed by atoms with Crippen LogP contribution in [-0.4, -0.2) is 45.0 Å². The topological polar surface area (TPSA) is 118 Å². The molecule has 1 heterocycles. The summed E-state index contributed by atoms with van der Waals surface area (Å²) in [5.74, 6) is -3.07. The number of carbonyl (C=O) groups is 4. The SMILES string of the molecule is O=C(CN(C(=O)c1ccc(Cl)c(Cl)c1)N1C(=O)[C@@H]2[C@@H]3C=C[C@H]([C@@H]4C[C@H]34)[C@@H]2C1=O)c1cccc([N+](=O)[O-])c1. The number of imide groups is 1. The largest absolute Gasteiger partial charge is 0.292 e. The number of benzene rings is 2. The number of hydrogen-bond acceptors (Lipinski definition) is 6. The zero-order valence-corrected chi connectivity index (χ0v) is 20.6. The van der Waals surface area contributed by atoms with Crippen LogP contribution in [0.1, 0.15) is 27.1 Å². The van der Waals surface area contributed by atoms with Crippen molar-refractivity contribution in [2.45, 2.75) is 6.42 Å². The van der Waals surface area contributed by atoms with E-state index >= 15 is 0 Å². The predicted octanol–water partition coefficient (Wildman–Crippen LogP) is 4.19. The first-order chi connectivity index (χ1) is 17.7. The average Bonchev–Trinajstić information content (AvgIpc) is 3.67. The fourth-order valence-corrected chi connectivity index (χ4v) is 6.51. The van der Waals surface area contributed by atoms with Crippen molar-refractivity contribution < 1.29 is 24.1 Å². The molecule has 188 valence electrons. The Kier molecular flexibility index (Phi) is 5.47. The number of non-ortho nitro benzene ring substituents is 1. The highest BCUT2D eigenvalue weighted by Crippen LogP contribution is 2.65. The van der Waals surface area contributed by atoms with Crippen molar-refractivity contribution in [1.29, 1.82) is 0 Å². The Morgan fingerprint density at radius 1 is 0.946 bits per heavy atom. The number of nitro benzene ring substituents is 1. The second-order valence-electron chi connectivity index (χ2n) is 9.87. The van der Waals surface area contributed by atoms with E-state index in [1.165, 1.54) is 36.4 Å². The van der Waals surface area contributed by atoms with E-state index in [4.69, 9.17) is 23.2 Å². The lowest BCUT2D eigenvalue weighted by Crippen LogP contribution is -2.52. The lowest BCUT2D eigenvalue weighted by atomic mass is 9.63. The quantitative estimate of drug-likeness (QED) is 0.178.